The van der Waals surface area contributed by atoms with Gasteiger partial charge in [0.15, 0.2) is 5.78 Å². The quantitative estimate of drug-likeness (QED) is 0.467. The third kappa shape index (κ3) is 3.99. The fourth-order valence-electron chi connectivity index (χ4n) is 5.04. The highest BCUT2D eigenvalue weighted by Crippen LogP contribution is 2.30. The number of rotatable bonds is 4. The highest BCUT2D eigenvalue weighted by molar-refractivity contribution is 6.02. The number of aryl methyl sites for hydroxylation is 1. The van der Waals surface area contributed by atoms with Crippen LogP contribution < -0.4 is 5.32 Å². The lowest BCUT2D eigenvalue weighted by Gasteiger charge is -2.19. The highest BCUT2D eigenvalue weighted by atomic mass is 16.2. The molecule has 4 aromatic rings. The fraction of sp³-hybridized carbons (Fsp3) is 0.214. The Morgan fingerprint density at radius 1 is 0.971 bits per heavy atom. The molecule has 35 heavy (non-hydrogen) atoms. The summed E-state index contributed by atoms with van der Waals surface area (Å²) in [5.41, 5.74) is 4.68. The number of hydrogen-bond acceptors (Lipinski definition) is 4. The van der Waals surface area contributed by atoms with E-state index in [0.29, 0.717) is 36.5 Å². The molecule has 0 atom stereocenters. The van der Waals surface area contributed by atoms with Crippen molar-refractivity contribution in [2.45, 2.75) is 38.8 Å². The monoisotopic (exact) mass is 464 g/mol. The van der Waals surface area contributed by atoms with Crippen molar-refractivity contribution in [2.75, 3.05) is 5.32 Å². The van der Waals surface area contributed by atoms with E-state index in [1.165, 1.54) is 0 Å². The molecule has 1 aromatic heterocycles. The summed E-state index contributed by atoms with van der Waals surface area (Å²) in [4.78, 5) is 39.9. The molecule has 2 amide bonds. The molecule has 1 aliphatic heterocycles. The number of ketones is 1. The zero-order valence-corrected chi connectivity index (χ0v) is 19.1. The summed E-state index contributed by atoms with van der Waals surface area (Å²) in [6.07, 6.45) is 2.51. The van der Waals surface area contributed by atoms with Gasteiger partial charge in [-0.1, -0.05) is 48.5 Å². The number of anilines is 1. The number of Topliss-reactive ketones (excluding diaryl/α,β-unsaturated/α-hetero) is 1. The molecule has 6 rings (SSSR count). The molecule has 2 heterocycles. The lowest BCUT2D eigenvalue weighted by Crippen LogP contribution is -2.26. The molecule has 7 heteroatoms. The van der Waals surface area contributed by atoms with Gasteiger partial charge < -0.3 is 10.2 Å². The van der Waals surface area contributed by atoms with Gasteiger partial charge in [-0.3, -0.25) is 19.5 Å². The van der Waals surface area contributed by atoms with E-state index in [1.807, 2.05) is 48.5 Å². The first-order valence-electron chi connectivity index (χ1n) is 11.8. The van der Waals surface area contributed by atoms with Gasteiger partial charge in [0, 0.05) is 23.1 Å². The summed E-state index contributed by atoms with van der Waals surface area (Å²) >= 11 is 0. The number of hydrogen-bond donors (Lipinski definition) is 2. The van der Waals surface area contributed by atoms with Crippen LogP contribution in [0.2, 0.25) is 0 Å². The molecule has 0 bridgehead atoms. The van der Waals surface area contributed by atoms with Crippen molar-refractivity contribution in [3.8, 4) is 0 Å². The molecule has 0 saturated heterocycles. The maximum absolute atomic E-state index is 13.2. The van der Waals surface area contributed by atoms with Crippen LogP contribution in [0.4, 0.5) is 5.82 Å². The highest BCUT2D eigenvalue weighted by Gasteiger charge is 2.30. The average Bonchev–Trinajstić information content (AvgIpc) is 3.45. The Kier molecular flexibility index (Phi) is 5.17. The second-order valence-corrected chi connectivity index (χ2v) is 9.24. The van der Waals surface area contributed by atoms with Gasteiger partial charge in [-0.05, 0) is 46.9 Å². The maximum atomic E-state index is 13.2. The van der Waals surface area contributed by atoms with Crippen LogP contribution in [0.3, 0.4) is 0 Å². The summed E-state index contributed by atoms with van der Waals surface area (Å²) in [7, 11) is 0. The normalized spacial score (nSPS) is 14.6. The van der Waals surface area contributed by atoms with Gasteiger partial charge in [0.05, 0.1) is 25.2 Å². The molecule has 0 radical (unpaired) electrons. The van der Waals surface area contributed by atoms with E-state index in [-0.39, 0.29) is 24.0 Å². The number of amides is 2. The van der Waals surface area contributed by atoms with E-state index in [1.54, 1.807) is 17.0 Å². The number of fused-ring (bicyclic) bond motifs is 3. The second-order valence-electron chi connectivity index (χ2n) is 9.24. The Hall–Kier alpha value is -4.26. The minimum Gasteiger partial charge on any atom is -0.328 e. The van der Waals surface area contributed by atoms with E-state index in [2.05, 4.69) is 15.5 Å². The van der Waals surface area contributed by atoms with Crippen LogP contribution in [-0.4, -0.2) is 32.7 Å². The molecular weight excluding hydrogens is 440 g/mol. The molecule has 0 fully saturated rings. The predicted octanol–water partition coefficient (Wildman–Crippen LogP) is 4.42. The number of aromatic amines is 1. The fourth-order valence-corrected chi connectivity index (χ4v) is 5.04. The average molecular weight is 465 g/mol. The molecule has 3 aromatic carbocycles. The summed E-state index contributed by atoms with van der Waals surface area (Å²) < 4.78 is 0. The zero-order valence-electron chi connectivity index (χ0n) is 19.1. The number of nitrogens with zero attached hydrogens (tertiary/aromatic N) is 2. The Bertz CT molecular complexity index is 1500. The molecule has 0 spiro atoms. The summed E-state index contributed by atoms with van der Waals surface area (Å²) in [6, 6.07) is 19.5. The molecule has 0 unspecified atom stereocenters. The van der Waals surface area contributed by atoms with Crippen molar-refractivity contribution in [3.63, 3.8) is 0 Å². The van der Waals surface area contributed by atoms with Crippen LogP contribution in [0.15, 0.2) is 60.7 Å². The zero-order chi connectivity index (χ0) is 23.9. The van der Waals surface area contributed by atoms with E-state index in [0.717, 1.165) is 46.0 Å². The van der Waals surface area contributed by atoms with E-state index >= 15 is 0 Å². The molecular formula is C28H24N4O3. The van der Waals surface area contributed by atoms with Crippen molar-refractivity contribution in [1.29, 1.82) is 0 Å². The van der Waals surface area contributed by atoms with Crippen molar-refractivity contribution >= 4 is 34.2 Å². The van der Waals surface area contributed by atoms with Gasteiger partial charge in [-0.2, -0.15) is 5.10 Å². The van der Waals surface area contributed by atoms with Crippen LogP contribution in [0.25, 0.3) is 10.8 Å². The Morgan fingerprint density at radius 3 is 2.71 bits per heavy atom. The number of carbonyl (C=O) groups is 3. The Morgan fingerprint density at radius 2 is 1.83 bits per heavy atom. The van der Waals surface area contributed by atoms with Gasteiger partial charge >= 0.3 is 0 Å². The topological polar surface area (TPSA) is 95.2 Å². The largest absolute Gasteiger partial charge is 0.328 e. The van der Waals surface area contributed by atoms with Crippen molar-refractivity contribution in [2.24, 2.45) is 0 Å². The predicted molar refractivity (Wildman–Crippen MR) is 132 cm³/mol. The first kappa shape index (κ1) is 21.3. The molecule has 0 saturated carbocycles. The van der Waals surface area contributed by atoms with Gasteiger partial charge in [0.1, 0.15) is 5.82 Å². The third-order valence-corrected chi connectivity index (χ3v) is 6.88. The second kappa shape index (κ2) is 8.51. The molecule has 7 nitrogen and oxygen atoms in total. The van der Waals surface area contributed by atoms with Gasteiger partial charge in [0.25, 0.3) is 5.91 Å². The molecule has 174 valence electrons. The van der Waals surface area contributed by atoms with Crippen LogP contribution >= 0.6 is 0 Å². The number of carbonyl (C=O) groups excluding carboxylic acids is 3. The molecule has 2 N–H and O–H groups in total. The van der Waals surface area contributed by atoms with Crippen molar-refractivity contribution in [1.82, 2.24) is 15.1 Å². The summed E-state index contributed by atoms with van der Waals surface area (Å²) in [6.45, 7) is 0.706. The summed E-state index contributed by atoms with van der Waals surface area (Å²) in [5, 5.41) is 12.4. The first-order valence-corrected chi connectivity index (χ1v) is 11.8. The minimum absolute atomic E-state index is 0.104. The van der Waals surface area contributed by atoms with Crippen molar-refractivity contribution < 1.29 is 14.4 Å². The Balaban J connectivity index is 1.14. The lowest BCUT2D eigenvalue weighted by molar-refractivity contribution is -0.115. The smallest absolute Gasteiger partial charge is 0.254 e. The first-order chi connectivity index (χ1) is 17.0. The van der Waals surface area contributed by atoms with Crippen LogP contribution in [0.5, 0.6) is 0 Å². The molecule has 2 aliphatic rings. The van der Waals surface area contributed by atoms with Crippen LogP contribution in [0.1, 0.15) is 55.9 Å². The van der Waals surface area contributed by atoms with Gasteiger partial charge in [0.2, 0.25) is 5.91 Å². The standard InChI is InChI=1S/C28H24N4O3/c33-25-7-3-6-19-10-11-21(14-22(19)25)28(35)32-15-23-24(16-32)30-31-27(23)29-26(34)13-17-8-9-18-4-1-2-5-20(18)12-17/h1-2,4-5,8-12,14H,3,6-7,13,15-16H2,(H2,29,30,31,34). The van der Waals surface area contributed by atoms with Crippen molar-refractivity contribution in [3.05, 3.63) is 94.2 Å². The summed E-state index contributed by atoms with van der Waals surface area (Å²) in [5.74, 6) is 0.343. The Labute approximate surface area is 202 Å². The van der Waals surface area contributed by atoms with Gasteiger partial charge in [-0.15, -0.1) is 0 Å². The third-order valence-electron chi connectivity index (χ3n) is 6.88. The number of H-pyrrole nitrogens is 1. The van der Waals surface area contributed by atoms with E-state index in [4.69, 9.17) is 0 Å². The SMILES string of the molecule is O=C(Cc1ccc2ccccc2c1)Nc1[nH]nc2c1CN(C(=O)c1ccc3c(c1)C(=O)CCC3)C2. The number of aromatic nitrogens is 2. The van der Waals surface area contributed by atoms with Crippen LogP contribution in [-0.2, 0) is 30.7 Å². The van der Waals surface area contributed by atoms with E-state index in [9.17, 15) is 14.4 Å². The van der Waals surface area contributed by atoms with Gasteiger partial charge in [-0.25, -0.2) is 0 Å². The van der Waals surface area contributed by atoms with E-state index < -0.39 is 0 Å². The number of benzene rings is 3. The van der Waals surface area contributed by atoms with Crippen LogP contribution in [0, 0.1) is 0 Å². The maximum Gasteiger partial charge on any atom is 0.254 e. The molecule has 1 aliphatic carbocycles. The minimum atomic E-state index is -0.148. The lowest BCUT2D eigenvalue weighted by atomic mass is 9.89. The number of nitrogens with one attached hydrogen (secondary N) is 2.